The van der Waals surface area contributed by atoms with E-state index >= 15 is 0 Å². The average Bonchev–Trinajstić information content (AvgIpc) is 2.14. The number of carboxylic acids is 1. The summed E-state index contributed by atoms with van der Waals surface area (Å²) >= 11 is 0. The third-order valence-corrected chi connectivity index (χ3v) is 3.10. The van der Waals surface area contributed by atoms with Crippen molar-refractivity contribution < 1.29 is 14.7 Å². The van der Waals surface area contributed by atoms with Gasteiger partial charge in [-0.25, -0.2) is 4.79 Å². The molecule has 0 saturated carbocycles. The van der Waals surface area contributed by atoms with Gasteiger partial charge in [0.2, 0.25) is 0 Å². The highest BCUT2D eigenvalue weighted by Gasteiger charge is 2.29. The van der Waals surface area contributed by atoms with Crippen molar-refractivity contribution in [2.24, 2.45) is 0 Å². The van der Waals surface area contributed by atoms with E-state index in [9.17, 15) is 9.59 Å². The molecule has 0 bridgehead atoms. The fourth-order valence-corrected chi connectivity index (χ4v) is 2.18. The van der Waals surface area contributed by atoms with Crippen LogP contribution >= 0.6 is 0 Å². The van der Waals surface area contributed by atoms with Gasteiger partial charge in [-0.3, -0.25) is 4.79 Å². The van der Waals surface area contributed by atoms with E-state index in [1.54, 1.807) is 18.7 Å². The van der Waals surface area contributed by atoms with Gasteiger partial charge in [-0.1, -0.05) is 0 Å². The Bertz CT molecular complexity index is 302. The molecule has 17 heavy (non-hydrogen) atoms. The Morgan fingerprint density at radius 2 is 2.06 bits per heavy atom. The summed E-state index contributed by atoms with van der Waals surface area (Å²) in [7, 11) is 0. The van der Waals surface area contributed by atoms with Gasteiger partial charge in [0.05, 0.1) is 6.42 Å². The summed E-state index contributed by atoms with van der Waals surface area (Å²) in [6, 6.07) is 0.0906. The second-order valence-electron chi connectivity index (χ2n) is 5.42. The number of likely N-dealkylation sites (tertiary alicyclic amines) is 1. The number of rotatable bonds is 3. The molecule has 0 radical (unpaired) electrons. The van der Waals surface area contributed by atoms with Gasteiger partial charge in [0.15, 0.2) is 0 Å². The van der Waals surface area contributed by atoms with E-state index in [0.29, 0.717) is 0 Å². The minimum Gasteiger partial charge on any atom is -0.481 e. The van der Waals surface area contributed by atoms with Gasteiger partial charge < -0.3 is 15.3 Å². The molecule has 1 heterocycles. The van der Waals surface area contributed by atoms with Gasteiger partial charge in [0, 0.05) is 18.1 Å². The van der Waals surface area contributed by atoms with Crippen molar-refractivity contribution in [1.29, 1.82) is 0 Å². The number of nitrogens with zero attached hydrogens (tertiary/aromatic N) is 1. The maximum atomic E-state index is 12.0. The monoisotopic (exact) mass is 242 g/mol. The molecular formula is C12H22N2O3. The highest BCUT2D eigenvalue weighted by atomic mass is 16.4. The summed E-state index contributed by atoms with van der Waals surface area (Å²) in [5.74, 6) is -0.901. The van der Waals surface area contributed by atoms with E-state index < -0.39 is 11.5 Å². The number of hydrogen-bond donors (Lipinski definition) is 2. The van der Waals surface area contributed by atoms with Crippen LogP contribution in [0.4, 0.5) is 4.79 Å². The standard InChI is InChI=1S/C12H22N2O3/c1-9-6-4-5-7-14(9)11(17)13-12(2,3)8-10(15)16/h9H,4-8H2,1-3H3,(H,13,17)(H,15,16). The SMILES string of the molecule is CC1CCCCN1C(=O)NC(C)(C)CC(=O)O. The Labute approximate surface area is 102 Å². The zero-order chi connectivity index (χ0) is 13.1. The number of nitrogens with one attached hydrogen (secondary N) is 1. The summed E-state index contributed by atoms with van der Waals surface area (Å²) in [5, 5.41) is 11.6. The molecule has 1 atom stereocenters. The number of carbonyl (C=O) groups excluding carboxylic acids is 1. The quantitative estimate of drug-likeness (QED) is 0.793. The first-order chi connectivity index (χ1) is 7.82. The lowest BCUT2D eigenvalue weighted by atomic mass is 10.0. The minimum atomic E-state index is -0.901. The molecule has 1 aliphatic rings. The van der Waals surface area contributed by atoms with Crippen molar-refractivity contribution in [3.05, 3.63) is 0 Å². The van der Waals surface area contributed by atoms with E-state index in [1.165, 1.54) is 0 Å². The second kappa shape index (κ2) is 5.38. The van der Waals surface area contributed by atoms with Gasteiger partial charge in [-0.05, 0) is 40.0 Å². The van der Waals surface area contributed by atoms with E-state index in [4.69, 9.17) is 5.11 Å². The van der Waals surface area contributed by atoms with Gasteiger partial charge >= 0.3 is 12.0 Å². The zero-order valence-corrected chi connectivity index (χ0v) is 10.8. The number of piperidine rings is 1. The predicted molar refractivity (Wildman–Crippen MR) is 64.9 cm³/mol. The number of carboxylic acid groups (broad SMARTS) is 1. The van der Waals surface area contributed by atoms with E-state index in [1.807, 2.05) is 6.92 Å². The summed E-state index contributed by atoms with van der Waals surface area (Å²) in [6.45, 7) is 6.25. The number of amides is 2. The van der Waals surface area contributed by atoms with Crippen molar-refractivity contribution in [3.8, 4) is 0 Å². The van der Waals surface area contributed by atoms with E-state index in [0.717, 1.165) is 25.8 Å². The van der Waals surface area contributed by atoms with Crippen molar-refractivity contribution in [2.75, 3.05) is 6.54 Å². The first-order valence-corrected chi connectivity index (χ1v) is 6.12. The van der Waals surface area contributed by atoms with Crippen molar-refractivity contribution in [2.45, 2.75) is 58.0 Å². The van der Waals surface area contributed by atoms with Crippen LogP contribution in [0.5, 0.6) is 0 Å². The number of aliphatic carboxylic acids is 1. The molecule has 0 aromatic carbocycles. The lowest BCUT2D eigenvalue weighted by Gasteiger charge is -2.36. The van der Waals surface area contributed by atoms with E-state index in [-0.39, 0.29) is 18.5 Å². The van der Waals surface area contributed by atoms with Crippen molar-refractivity contribution >= 4 is 12.0 Å². The second-order valence-corrected chi connectivity index (χ2v) is 5.42. The maximum Gasteiger partial charge on any atom is 0.318 e. The fraction of sp³-hybridized carbons (Fsp3) is 0.833. The van der Waals surface area contributed by atoms with Crippen LogP contribution in [0.3, 0.4) is 0 Å². The molecule has 2 N–H and O–H groups in total. The van der Waals surface area contributed by atoms with Gasteiger partial charge in [-0.2, -0.15) is 0 Å². The van der Waals surface area contributed by atoms with E-state index in [2.05, 4.69) is 5.32 Å². The molecule has 0 aliphatic carbocycles. The lowest BCUT2D eigenvalue weighted by molar-refractivity contribution is -0.138. The Hall–Kier alpha value is -1.26. The summed E-state index contributed by atoms with van der Waals surface area (Å²) < 4.78 is 0. The summed E-state index contributed by atoms with van der Waals surface area (Å²) in [4.78, 5) is 24.5. The third kappa shape index (κ3) is 4.24. The highest BCUT2D eigenvalue weighted by molar-refractivity contribution is 5.77. The van der Waals surface area contributed by atoms with Gasteiger partial charge in [-0.15, -0.1) is 0 Å². The first-order valence-electron chi connectivity index (χ1n) is 6.12. The molecule has 0 aromatic rings. The van der Waals surface area contributed by atoms with Crippen LogP contribution < -0.4 is 5.32 Å². The van der Waals surface area contributed by atoms with Crippen LogP contribution in [-0.4, -0.2) is 40.1 Å². The first kappa shape index (κ1) is 13.8. The van der Waals surface area contributed by atoms with Crippen LogP contribution in [0.1, 0.15) is 46.5 Å². The summed E-state index contributed by atoms with van der Waals surface area (Å²) in [5.41, 5.74) is -0.708. The van der Waals surface area contributed by atoms with Crippen LogP contribution in [0.25, 0.3) is 0 Å². The normalized spacial score (nSPS) is 21.1. The smallest absolute Gasteiger partial charge is 0.318 e. The van der Waals surface area contributed by atoms with Crippen LogP contribution in [0, 0.1) is 0 Å². The highest BCUT2D eigenvalue weighted by Crippen LogP contribution is 2.17. The number of hydrogen-bond acceptors (Lipinski definition) is 2. The molecule has 0 aromatic heterocycles. The molecule has 1 saturated heterocycles. The van der Waals surface area contributed by atoms with Gasteiger partial charge in [0.25, 0.3) is 0 Å². The predicted octanol–water partition coefficient (Wildman–Crippen LogP) is 1.82. The fourth-order valence-electron chi connectivity index (χ4n) is 2.18. The third-order valence-electron chi connectivity index (χ3n) is 3.10. The van der Waals surface area contributed by atoms with Crippen LogP contribution in [0.2, 0.25) is 0 Å². The number of carbonyl (C=O) groups is 2. The molecule has 1 rings (SSSR count). The molecule has 5 heteroatoms. The van der Waals surface area contributed by atoms with Crippen molar-refractivity contribution in [3.63, 3.8) is 0 Å². The molecule has 1 aliphatic heterocycles. The van der Waals surface area contributed by atoms with Gasteiger partial charge in [0.1, 0.15) is 0 Å². The number of urea groups is 1. The minimum absolute atomic E-state index is 0.0685. The Morgan fingerprint density at radius 1 is 1.41 bits per heavy atom. The lowest BCUT2D eigenvalue weighted by Crippen LogP contribution is -2.54. The Balaban J connectivity index is 2.55. The molecule has 0 spiro atoms. The Kier molecular flexibility index (Phi) is 4.37. The molecule has 5 nitrogen and oxygen atoms in total. The molecule has 1 unspecified atom stereocenters. The van der Waals surface area contributed by atoms with Crippen molar-refractivity contribution in [1.82, 2.24) is 10.2 Å². The maximum absolute atomic E-state index is 12.0. The van der Waals surface area contributed by atoms with Crippen LogP contribution in [0.15, 0.2) is 0 Å². The average molecular weight is 242 g/mol. The topological polar surface area (TPSA) is 69.6 Å². The molecule has 98 valence electrons. The molecule has 1 fully saturated rings. The Morgan fingerprint density at radius 3 is 2.59 bits per heavy atom. The summed E-state index contributed by atoms with van der Waals surface area (Å²) in [6.07, 6.45) is 3.13. The van der Waals surface area contributed by atoms with Crippen LogP contribution in [-0.2, 0) is 4.79 Å². The largest absolute Gasteiger partial charge is 0.481 e. The zero-order valence-electron chi connectivity index (χ0n) is 10.8. The molecule has 2 amide bonds. The molecular weight excluding hydrogens is 220 g/mol.